The van der Waals surface area contributed by atoms with Gasteiger partial charge in [0, 0.05) is 18.0 Å². The predicted octanol–water partition coefficient (Wildman–Crippen LogP) is 4.48. The van der Waals surface area contributed by atoms with Gasteiger partial charge < -0.3 is 5.32 Å². The smallest absolute Gasteiger partial charge is 0.0474 e. The number of benzene rings is 1. The summed E-state index contributed by atoms with van der Waals surface area (Å²) >= 11 is 5.94. The van der Waals surface area contributed by atoms with Gasteiger partial charge in [0.2, 0.25) is 0 Å². The van der Waals surface area contributed by atoms with Crippen LogP contribution >= 0.6 is 11.6 Å². The molecule has 4 bridgehead atoms. The Kier molecular flexibility index (Phi) is 3.31. The van der Waals surface area contributed by atoms with Crippen molar-refractivity contribution >= 4 is 11.6 Å². The van der Waals surface area contributed by atoms with E-state index in [1.54, 1.807) is 0 Å². The second-order valence-electron chi connectivity index (χ2n) is 7.51. The largest absolute Gasteiger partial charge is 0.307 e. The molecule has 20 heavy (non-hydrogen) atoms. The maximum atomic E-state index is 5.94. The number of hydrogen-bond acceptors (Lipinski definition) is 1. The summed E-state index contributed by atoms with van der Waals surface area (Å²) in [6, 6.07) is 8.72. The van der Waals surface area contributed by atoms with Crippen molar-refractivity contribution in [3.05, 3.63) is 35.4 Å². The molecule has 0 heterocycles. The van der Waals surface area contributed by atoms with E-state index < -0.39 is 0 Å². The second-order valence-corrected chi connectivity index (χ2v) is 7.77. The molecular weight excluding hydrogens is 266 g/mol. The highest BCUT2D eigenvalue weighted by Gasteiger charge is 2.50. The summed E-state index contributed by atoms with van der Waals surface area (Å²) in [5.41, 5.74) is 3.08. The van der Waals surface area contributed by atoms with Crippen molar-refractivity contribution < 1.29 is 0 Å². The van der Waals surface area contributed by atoms with E-state index in [1.807, 2.05) is 0 Å². The molecule has 0 radical (unpaired) electrons. The molecule has 1 aromatic rings. The summed E-state index contributed by atoms with van der Waals surface area (Å²) < 4.78 is 0. The maximum Gasteiger partial charge on any atom is 0.0474 e. The summed E-state index contributed by atoms with van der Waals surface area (Å²) in [6.07, 6.45) is 8.82. The first kappa shape index (κ1) is 13.2. The van der Waals surface area contributed by atoms with Gasteiger partial charge in [0.1, 0.15) is 0 Å². The lowest BCUT2D eigenvalue weighted by atomic mass is 9.53. The van der Waals surface area contributed by atoms with Gasteiger partial charge in [-0.25, -0.2) is 0 Å². The SMILES string of the molecule is ClCc1cccc(CN[C@]23CC4CC(C[C@@H](C4)C2)C3)c1. The number of halogens is 1. The van der Waals surface area contributed by atoms with E-state index in [0.717, 1.165) is 24.3 Å². The van der Waals surface area contributed by atoms with Gasteiger partial charge in [-0.2, -0.15) is 0 Å². The summed E-state index contributed by atoms with van der Waals surface area (Å²) in [4.78, 5) is 0. The van der Waals surface area contributed by atoms with Crippen LogP contribution in [0.2, 0.25) is 0 Å². The van der Waals surface area contributed by atoms with Gasteiger partial charge in [-0.15, -0.1) is 11.6 Å². The zero-order valence-corrected chi connectivity index (χ0v) is 12.8. The summed E-state index contributed by atoms with van der Waals surface area (Å²) in [7, 11) is 0. The molecule has 0 atom stereocenters. The highest BCUT2D eigenvalue weighted by atomic mass is 35.5. The Morgan fingerprint density at radius 2 is 1.60 bits per heavy atom. The fourth-order valence-electron chi connectivity index (χ4n) is 5.44. The quantitative estimate of drug-likeness (QED) is 0.806. The highest BCUT2D eigenvalue weighted by Crippen LogP contribution is 2.55. The van der Waals surface area contributed by atoms with E-state index >= 15 is 0 Å². The van der Waals surface area contributed by atoms with Crippen LogP contribution in [0.25, 0.3) is 0 Å². The van der Waals surface area contributed by atoms with Gasteiger partial charge in [0.15, 0.2) is 0 Å². The van der Waals surface area contributed by atoms with Gasteiger partial charge in [-0.1, -0.05) is 24.3 Å². The van der Waals surface area contributed by atoms with E-state index in [9.17, 15) is 0 Å². The van der Waals surface area contributed by atoms with Crippen LogP contribution in [0.15, 0.2) is 24.3 Å². The molecule has 4 saturated carbocycles. The van der Waals surface area contributed by atoms with Crippen molar-refractivity contribution in [2.45, 2.75) is 56.5 Å². The average Bonchev–Trinajstić information content (AvgIpc) is 2.44. The van der Waals surface area contributed by atoms with Crippen molar-refractivity contribution in [3.63, 3.8) is 0 Å². The molecule has 1 nitrogen and oxygen atoms in total. The molecule has 4 aliphatic carbocycles. The van der Waals surface area contributed by atoms with Crippen molar-refractivity contribution in [1.29, 1.82) is 0 Å². The van der Waals surface area contributed by atoms with E-state index in [0.29, 0.717) is 11.4 Å². The molecule has 108 valence electrons. The monoisotopic (exact) mass is 289 g/mol. The molecule has 0 unspecified atom stereocenters. The normalized spacial score (nSPS) is 38.4. The van der Waals surface area contributed by atoms with Crippen LogP contribution in [0.1, 0.15) is 49.7 Å². The first-order valence-electron chi connectivity index (χ1n) is 8.13. The van der Waals surface area contributed by atoms with Crippen LogP contribution in [0.4, 0.5) is 0 Å². The third-order valence-corrected chi connectivity index (χ3v) is 6.16. The molecule has 4 aliphatic rings. The van der Waals surface area contributed by atoms with Crippen LogP contribution in [0, 0.1) is 17.8 Å². The number of nitrogens with one attached hydrogen (secondary N) is 1. The molecule has 0 amide bonds. The van der Waals surface area contributed by atoms with Gasteiger partial charge in [0.25, 0.3) is 0 Å². The molecule has 0 aromatic heterocycles. The van der Waals surface area contributed by atoms with Crippen LogP contribution in [-0.2, 0) is 12.4 Å². The molecule has 5 rings (SSSR count). The first-order chi connectivity index (χ1) is 9.75. The lowest BCUT2D eigenvalue weighted by molar-refractivity contribution is -0.0206. The number of hydrogen-bond donors (Lipinski definition) is 1. The fraction of sp³-hybridized carbons (Fsp3) is 0.667. The van der Waals surface area contributed by atoms with Crippen LogP contribution in [0.5, 0.6) is 0 Å². The van der Waals surface area contributed by atoms with Crippen LogP contribution in [0.3, 0.4) is 0 Å². The molecule has 0 aliphatic heterocycles. The zero-order chi connectivity index (χ0) is 13.6. The van der Waals surface area contributed by atoms with Crippen LogP contribution in [-0.4, -0.2) is 5.54 Å². The van der Waals surface area contributed by atoms with Gasteiger partial charge in [0.05, 0.1) is 0 Å². The zero-order valence-electron chi connectivity index (χ0n) is 12.1. The lowest BCUT2D eigenvalue weighted by Gasteiger charge is -2.57. The van der Waals surface area contributed by atoms with E-state index in [2.05, 4.69) is 29.6 Å². The molecular formula is C18H24ClN. The highest BCUT2D eigenvalue weighted by molar-refractivity contribution is 6.17. The maximum absolute atomic E-state index is 5.94. The topological polar surface area (TPSA) is 12.0 Å². The first-order valence-corrected chi connectivity index (χ1v) is 8.67. The molecule has 1 aromatic carbocycles. The van der Waals surface area contributed by atoms with Gasteiger partial charge in [-0.3, -0.25) is 0 Å². The lowest BCUT2D eigenvalue weighted by Crippen LogP contribution is -2.58. The number of rotatable bonds is 4. The third kappa shape index (κ3) is 2.40. The summed E-state index contributed by atoms with van der Waals surface area (Å²) in [5, 5.41) is 3.95. The molecule has 1 N–H and O–H groups in total. The fourth-order valence-corrected chi connectivity index (χ4v) is 5.61. The minimum atomic E-state index is 0.464. The Labute approximate surface area is 127 Å². The standard InChI is InChI=1S/C18H24ClN/c19-11-13-2-1-3-14(4-13)12-20-18-8-15-5-16(9-18)7-17(6-15)10-18/h1-4,15-17,20H,5-12H2/t15-,16?,17?,18+. The van der Waals surface area contributed by atoms with E-state index in [-0.39, 0.29) is 0 Å². The Bertz CT molecular complexity index is 461. The Morgan fingerprint density at radius 3 is 2.20 bits per heavy atom. The van der Waals surface area contributed by atoms with Gasteiger partial charge in [-0.05, 0) is 67.4 Å². The third-order valence-electron chi connectivity index (χ3n) is 5.85. The van der Waals surface area contributed by atoms with E-state index in [1.165, 1.54) is 49.7 Å². The summed E-state index contributed by atoms with van der Waals surface area (Å²) in [6.45, 7) is 1.01. The van der Waals surface area contributed by atoms with Crippen molar-refractivity contribution in [1.82, 2.24) is 5.32 Å². The Hall–Kier alpha value is -0.530. The van der Waals surface area contributed by atoms with Crippen molar-refractivity contribution in [2.75, 3.05) is 0 Å². The van der Waals surface area contributed by atoms with Crippen molar-refractivity contribution in [3.8, 4) is 0 Å². The molecule has 2 heteroatoms. The predicted molar refractivity (Wildman–Crippen MR) is 83.7 cm³/mol. The minimum Gasteiger partial charge on any atom is -0.307 e. The molecule has 4 fully saturated rings. The second kappa shape index (κ2) is 5.03. The number of alkyl halides is 1. The van der Waals surface area contributed by atoms with Gasteiger partial charge >= 0.3 is 0 Å². The molecule has 0 saturated heterocycles. The summed E-state index contributed by atoms with van der Waals surface area (Å²) in [5.74, 6) is 3.67. The minimum absolute atomic E-state index is 0.464. The Morgan fingerprint density at radius 1 is 1.00 bits per heavy atom. The Balaban J connectivity index is 1.46. The average molecular weight is 290 g/mol. The van der Waals surface area contributed by atoms with Crippen LogP contribution < -0.4 is 5.32 Å². The van der Waals surface area contributed by atoms with E-state index in [4.69, 9.17) is 11.6 Å². The molecule has 0 spiro atoms. The van der Waals surface area contributed by atoms with Crippen molar-refractivity contribution in [2.24, 2.45) is 17.8 Å².